The van der Waals surface area contributed by atoms with Crippen LogP contribution in [0.4, 0.5) is 13.2 Å². The van der Waals surface area contributed by atoms with E-state index in [1.165, 1.54) is 19.1 Å². The third-order valence-electron chi connectivity index (χ3n) is 4.72. The zero-order valence-electron chi connectivity index (χ0n) is 15.7. The van der Waals surface area contributed by atoms with E-state index >= 15 is 0 Å². The zero-order chi connectivity index (χ0) is 20.6. The minimum atomic E-state index is -4.39. The van der Waals surface area contributed by atoms with Gasteiger partial charge in [0.15, 0.2) is 5.65 Å². The van der Waals surface area contributed by atoms with Gasteiger partial charge in [0.1, 0.15) is 5.69 Å². The van der Waals surface area contributed by atoms with Gasteiger partial charge >= 0.3 is 6.18 Å². The quantitative estimate of drug-likeness (QED) is 0.405. The predicted octanol–water partition coefficient (Wildman–Crippen LogP) is 5.43. The molecule has 3 nitrogen and oxygen atoms in total. The van der Waals surface area contributed by atoms with Gasteiger partial charge < -0.3 is 0 Å². The molecule has 2 heterocycles. The molecule has 29 heavy (non-hydrogen) atoms. The van der Waals surface area contributed by atoms with Gasteiger partial charge in [-0.15, -0.1) is 0 Å². The summed E-state index contributed by atoms with van der Waals surface area (Å²) in [6, 6.07) is 13.5. The van der Waals surface area contributed by atoms with E-state index in [4.69, 9.17) is 0 Å². The molecule has 2 aromatic carbocycles. The number of benzene rings is 2. The molecule has 0 amide bonds. The summed E-state index contributed by atoms with van der Waals surface area (Å²) < 4.78 is 41.4. The summed E-state index contributed by atoms with van der Waals surface area (Å²) in [5.74, 6) is 6.16. The van der Waals surface area contributed by atoms with Gasteiger partial charge in [-0.05, 0) is 66.3 Å². The number of halogens is 3. The first-order valence-electron chi connectivity index (χ1n) is 8.92. The van der Waals surface area contributed by atoms with Crippen molar-refractivity contribution in [1.82, 2.24) is 14.6 Å². The molecule has 4 rings (SSSR count). The first-order chi connectivity index (χ1) is 13.8. The SMILES string of the molecule is Cc1ccc(-c2ccc(C)c(C(F)(F)F)c2)cc1C#Cc1cnc2cccnn12. The van der Waals surface area contributed by atoms with Crippen molar-refractivity contribution in [1.29, 1.82) is 0 Å². The second-order valence-electron chi connectivity index (χ2n) is 6.74. The van der Waals surface area contributed by atoms with E-state index in [-0.39, 0.29) is 5.56 Å². The normalized spacial score (nSPS) is 11.3. The van der Waals surface area contributed by atoms with E-state index in [1.807, 2.05) is 25.1 Å². The molecule has 0 aliphatic rings. The Morgan fingerprint density at radius 3 is 2.38 bits per heavy atom. The Kier molecular flexibility index (Phi) is 4.59. The number of alkyl halides is 3. The van der Waals surface area contributed by atoms with Crippen molar-refractivity contribution in [2.24, 2.45) is 0 Å². The van der Waals surface area contributed by atoms with Gasteiger partial charge in [0.25, 0.3) is 0 Å². The van der Waals surface area contributed by atoms with E-state index in [1.54, 1.807) is 35.1 Å². The summed E-state index contributed by atoms with van der Waals surface area (Å²) in [4.78, 5) is 4.25. The molecule has 2 aromatic heterocycles. The lowest BCUT2D eigenvalue weighted by atomic mass is 9.96. The summed E-state index contributed by atoms with van der Waals surface area (Å²) in [6.45, 7) is 3.37. The molecule has 0 saturated carbocycles. The highest BCUT2D eigenvalue weighted by atomic mass is 19.4. The maximum Gasteiger partial charge on any atom is 0.416 e. The highest BCUT2D eigenvalue weighted by Crippen LogP contribution is 2.35. The molecule has 0 saturated heterocycles. The molecule has 4 aromatic rings. The second-order valence-corrected chi connectivity index (χ2v) is 6.74. The summed E-state index contributed by atoms with van der Waals surface area (Å²) in [5, 5.41) is 4.23. The number of nitrogens with zero attached hydrogens (tertiary/aromatic N) is 3. The molecule has 0 unspecified atom stereocenters. The molecule has 0 atom stereocenters. The van der Waals surface area contributed by atoms with Crippen molar-refractivity contribution >= 4 is 5.65 Å². The molecule has 0 aliphatic carbocycles. The summed E-state index contributed by atoms with van der Waals surface area (Å²) in [7, 11) is 0. The lowest BCUT2D eigenvalue weighted by Crippen LogP contribution is -2.07. The van der Waals surface area contributed by atoms with Gasteiger partial charge in [0.2, 0.25) is 0 Å². The standard InChI is InChI=1S/C23H16F3N3/c1-15-5-7-18(19-8-6-16(2)21(13-19)23(24,25)26)12-17(15)9-10-20-14-27-22-4-3-11-28-29(20)22/h3-8,11-14H,1-2H3. The monoisotopic (exact) mass is 391 g/mol. The lowest BCUT2D eigenvalue weighted by Gasteiger charge is -2.13. The van der Waals surface area contributed by atoms with Crippen LogP contribution < -0.4 is 0 Å². The van der Waals surface area contributed by atoms with E-state index in [9.17, 15) is 13.2 Å². The Balaban J connectivity index is 1.75. The molecule has 0 fully saturated rings. The highest BCUT2D eigenvalue weighted by Gasteiger charge is 2.32. The Hall–Kier alpha value is -3.59. The van der Waals surface area contributed by atoms with E-state index < -0.39 is 11.7 Å². The van der Waals surface area contributed by atoms with Crippen LogP contribution in [-0.2, 0) is 6.18 Å². The highest BCUT2D eigenvalue weighted by molar-refractivity contribution is 5.68. The average molecular weight is 391 g/mol. The zero-order valence-corrected chi connectivity index (χ0v) is 15.7. The number of rotatable bonds is 1. The van der Waals surface area contributed by atoms with Gasteiger partial charge in [-0.2, -0.15) is 18.3 Å². The van der Waals surface area contributed by atoms with Gasteiger partial charge in [-0.1, -0.05) is 30.2 Å². The predicted molar refractivity (Wildman–Crippen MR) is 105 cm³/mol. The smallest absolute Gasteiger partial charge is 0.234 e. The molecule has 0 radical (unpaired) electrons. The van der Waals surface area contributed by atoms with Crippen molar-refractivity contribution in [2.75, 3.05) is 0 Å². The van der Waals surface area contributed by atoms with Crippen molar-refractivity contribution in [2.45, 2.75) is 20.0 Å². The Morgan fingerprint density at radius 2 is 1.62 bits per heavy atom. The number of hydrogen-bond donors (Lipinski definition) is 0. The number of hydrogen-bond acceptors (Lipinski definition) is 2. The minimum Gasteiger partial charge on any atom is -0.234 e. The fourth-order valence-electron chi connectivity index (χ4n) is 3.09. The van der Waals surface area contributed by atoms with Crippen LogP contribution in [0.1, 0.15) is 27.9 Å². The first-order valence-corrected chi connectivity index (χ1v) is 8.92. The van der Waals surface area contributed by atoms with Crippen LogP contribution in [0.3, 0.4) is 0 Å². The Bertz CT molecular complexity index is 1270. The fraction of sp³-hybridized carbons (Fsp3) is 0.130. The van der Waals surface area contributed by atoms with Crippen LogP contribution in [0.5, 0.6) is 0 Å². The van der Waals surface area contributed by atoms with Crippen molar-refractivity contribution in [3.05, 3.63) is 88.9 Å². The minimum absolute atomic E-state index is 0.202. The Labute approximate surface area is 165 Å². The van der Waals surface area contributed by atoms with Crippen molar-refractivity contribution in [3.63, 3.8) is 0 Å². The Morgan fingerprint density at radius 1 is 0.897 bits per heavy atom. The third-order valence-corrected chi connectivity index (χ3v) is 4.72. The lowest BCUT2D eigenvalue weighted by molar-refractivity contribution is -0.138. The maximum absolute atomic E-state index is 13.3. The number of aryl methyl sites for hydroxylation is 2. The summed E-state index contributed by atoms with van der Waals surface area (Å²) in [5.41, 5.74) is 3.77. The fourth-order valence-corrected chi connectivity index (χ4v) is 3.09. The summed E-state index contributed by atoms with van der Waals surface area (Å²) in [6.07, 6.45) is -1.09. The molecule has 144 valence electrons. The number of imidazole rings is 1. The third kappa shape index (κ3) is 3.72. The van der Waals surface area contributed by atoms with Crippen LogP contribution in [0.2, 0.25) is 0 Å². The van der Waals surface area contributed by atoms with Crippen LogP contribution in [0.15, 0.2) is 60.9 Å². The molecular weight excluding hydrogens is 375 g/mol. The van der Waals surface area contributed by atoms with Crippen molar-refractivity contribution in [3.8, 4) is 23.0 Å². The van der Waals surface area contributed by atoms with Crippen LogP contribution >= 0.6 is 0 Å². The van der Waals surface area contributed by atoms with Crippen LogP contribution in [0, 0.1) is 25.7 Å². The maximum atomic E-state index is 13.3. The van der Waals surface area contributed by atoms with E-state index in [2.05, 4.69) is 21.9 Å². The average Bonchev–Trinajstić information content (AvgIpc) is 3.10. The second kappa shape index (κ2) is 7.10. The molecule has 0 N–H and O–H groups in total. The molecule has 0 aliphatic heterocycles. The van der Waals surface area contributed by atoms with E-state index in [0.717, 1.165) is 11.1 Å². The summed E-state index contributed by atoms with van der Waals surface area (Å²) >= 11 is 0. The van der Waals surface area contributed by atoms with Crippen LogP contribution in [0.25, 0.3) is 16.8 Å². The largest absolute Gasteiger partial charge is 0.416 e. The van der Waals surface area contributed by atoms with Gasteiger partial charge in [-0.3, -0.25) is 0 Å². The van der Waals surface area contributed by atoms with Crippen LogP contribution in [-0.4, -0.2) is 14.6 Å². The number of aromatic nitrogens is 3. The van der Waals surface area contributed by atoms with Crippen molar-refractivity contribution < 1.29 is 13.2 Å². The van der Waals surface area contributed by atoms with Gasteiger partial charge in [0, 0.05) is 11.8 Å². The molecule has 6 heteroatoms. The molecule has 0 bridgehead atoms. The van der Waals surface area contributed by atoms with E-state index in [0.29, 0.717) is 22.5 Å². The number of fused-ring (bicyclic) bond motifs is 1. The first kappa shape index (κ1) is 18.8. The topological polar surface area (TPSA) is 30.2 Å². The van der Waals surface area contributed by atoms with Gasteiger partial charge in [-0.25, -0.2) is 9.50 Å². The van der Waals surface area contributed by atoms with Gasteiger partial charge in [0.05, 0.1) is 11.8 Å². The molecule has 0 spiro atoms. The molecular formula is C23H16F3N3.